The molecule has 4 aromatic rings. The molecule has 1 aromatic heterocycles. The van der Waals surface area contributed by atoms with E-state index in [-0.39, 0.29) is 18.9 Å². The Hall–Kier alpha value is -3.43. The first-order valence-electron chi connectivity index (χ1n) is 12.0. The van der Waals surface area contributed by atoms with E-state index < -0.39 is 17.9 Å². The van der Waals surface area contributed by atoms with Crippen LogP contribution in [-0.2, 0) is 29.1 Å². The highest BCUT2D eigenvalue weighted by Gasteiger charge is 2.40. The van der Waals surface area contributed by atoms with Gasteiger partial charge in [0.2, 0.25) is 5.91 Å². The summed E-state index contributed by atoms with van der Waals surface area (Å²) in [6.45, 7) is 0.630. The molecular formula is C29H25Br2N3O4. The van der Waals surface area contributed by atoms with Gasteiger partial charge in [-0.25, -0.2) is 9.78 Å². The SMILES string of the molecule is COc1c(Br)cc(Cn2cnc3c2C[C@@H](C(=O)O)N(C(=O)C(c2ccccc2)c2ccccc2)C3)cc1Br. The van der Waals surface area contributed by atoms with Crippen molar-refractivity contribution >= 4 is 43.7 Å². The zero-order valence-corrected chi connectivity index (χ0v) is 23.7. The van der Waals surface area contributed by atoms with E-state index in [2.05, 4.69) is 36.8 Å². The minimum atomic E-state index is -1.04. The fraction of sp³-hybridized carbons (Fsp3) is 0.207. The van der Waals surface area contributed by atoms with Gasteiger partial charge < -0.3 is 19.3 Å². The number of hydrogen-bond donors (Lipinski definition) is 1. The third-order valence-corrected chi connectivity index (χ3v) is 7.99. The molecule has 2 heterocycles. The largest absolute Gasteiger partial charge is 0.494 e. The minimum absolute atomic E-state index is 0.129. The van der Waals surface area contributed by atoms with Crippen molar-refractivity contribution < 1.29 is 19.4 Å². The van der Waals surface area contributed by atoms with Crippen LogP contribution < -0.4 is 4.74 Å². The maximum atomic E-state index is 14.1. The molecule has 0 bridgehead atoms. The van der Waals surface area contributed by atoms with Crippen LogP contribution in [0.3, 0.4) is 0 Å². The number of carboxylic acids is 1. The molecule has 0 saturated carbocycles. The fourth-order valence-corrected chi connectivity index (χ4v) is 6.60. The number of methoxy groups -OCH3 is 1. The third-order valence-electron chi connectivity index (χ3n) is 6.81. The molecule has 3 aromatic carbocycles. The lowest BCUT2D eigenvalue weighted by atomic mass is 9.88. The van der Waals surface area contributed by atoms with E-state index in [0.717, 1.165) is 31.3 Å². The second-order valence-electron chi connectivity index (χ2n) is 9.14. The Morgan fingerprint density at radius 3 is 2.13 bits per heavy atom. The molecule has 5 rings (SSSR count). The van der Waals surface area contributed by atoms with E-state index in [1.54, 1.807) is 13.4 Å². The molecule has 9 heteroatoms. The smallest absolute Gasteiger partial charge is 0.326 e. The number of carboxylic acid groups (broad SMARTS) is 1. The van der Waals surface area contributed by atoms with Crippen LogP contribution >= 0.6 is 31.9 Å². The Morgan fingerprint density at radius 2 is 1.61 bits per heavy atom. The van der Waals surface area contributed by atoms with Crippen LogP contribution in [0.4, 0.5) is 0 Å². The molecule has 1 aliphatic heterocycles. The van der Waals surface area contributed by atoms with Crippen LogP contribution in [0.2, 0.25) is 0 Å². The Balaban J connectivity index is 1.47. The highest BCUT2D eigenvalue weighted by atomic mass is 79.9. The van der Waals surface area contributed by atoms with Gasteiger partial charge in [0.05, 0.1) is 40.5 Å². The number of benzene rings is 3. The van der Waals surface area contributed by atoms with Crippen LogP contribution in [0.5, 0.6) is 5.75 Å². The summed E-state index contributed by atoms with van der Waals surface area (Å²) in [6.07, 6.45) is 1.89. The molecule has 38 heavy (non-hydrogen) atoms. The third kappa shape index (κ3) is 5.13. The van der Waals surface area contributed by atoms with Gasteiger partial charge in [-0.2, -0.15) is 0 Å². The van der Waals surface area contributed by atoms with Gasteiger partial charge in [-0.15, -0.1) is 0 Å². The van der Waals surface area contributed by atoms with E-state index in [1.165, 1.54) is 4.90 Å². The number of rotatable bonds is 7. The Morgan fingerprint density at radius 1 is 1.03 bits per heavy atom. The lowest BCUT2D eigenvalue weighted by Crippen LogP contribution is -2.50. The lowest BCUT2D eigenvalue weighted by molar-refractivity contribution is -0.151. The molecule has 1 N–H and O–H groups in total. The molecule has 0 radical (unpaired) electrons. The summed E-state index contributed by atoms with van der Waals surface area (Å²) in [5.74, 6) is -1.20. The maximum absolute atomic E-state index is 14.1. The average Bonchev–Trinajstić information content (AvgIpc) is 3.30. The summed E-state index contributed by atoms with van der Waals surface area (Å²) < 4.78 is 8.98. The molecule has 0 aliphatic carbocycles. The van der Waals surface area contributed by atoms with Gasteiger partial charge in [0.25, 0.3) is 0 Å². The lowest BCUT2D eigenvalue weighted by Gasteiger charge is -2.35. The minimum Gasteiger partial charge on any atom is -0.494 e. The standard InChI is InChI=1S/C29H25Br2N3O4/c1-38-27-21(30)12-18(13-22(27)31)15-33-17-32-23-16-34(25(29(36)37)14-24(23)33)28(35)26(19-8-4-2-5-9-19)20-10-6-3-7-11-20/h2-13,17,25-26H,14-16H2,1H3,(H,36,37)/t25-/m0/s1. The van der Waals surface area contributed by atoms with E-state index in [0.29, 0.717) is 18.0 Å². The van der Waals surface area contributed by atoms with Crippen molar-refractivity contribution in [3.05, 3.63) is 116 Å². The number of carbonyl (C=O) groups excluding carboxylic acids is 1. The van der Waals surface area contributed by atoms with Gasteiger partial charge in [0, 0.05) is 18.7 Å². The van der Waals surface area contributed by atoms with Crippen molar-refractivity contribution in [3.63, 3.8) is 0 Å². The first kappa shape index (κ1) is 26.2. The normalized spacial score (nSPS) is 14.8. The predicted octanol–water partition coefficient (Wildman–Crippen LogP) is 5.64. The number of aromatic nitrogens is 2. The zero-order chi connectivity index (χ0) is 26.8. The second kappa shape index (κ2) is 11.1. The monoisotopic (exact) mass is 637 g/mol. The molecule has 0 saturated heterocycles. The fourth-order valence-electron chi connectivity index (χ4n) is 5.00. The highest BCUT2D eigenvalue weighted by Crippen LogP contribution is 2.35. The summed E-state index contributed by atoms with van der Waals surface area (Å²) in [7, 11) is 1.61. The quantitative estimate of drug-likeness (QED) is 0.283. The van der Waals surface area contributed by atoms with Crippen molar-refractivity contribution in [2.24, 2.45) is 0 Å². The molecule has 7 nitrogen and oxygen atoms in total. The van der Waals surface area contributed by atoms with Crippen molar-refractivity contribution in [1.82, 2.24) is 14.5 Å². The summed E-state index contributed by atoms with van der Waals surface area (Å²) >= 11 is 7.08. The van der Waals surface area contributed by atoms with Crippen LogP contribution in [0.15, 0.2) is 88.1 Å². The number of carbonyl (C=O) groups is 2. The number of ether oxygens (including phenoxy) is 1. The van der Waals surface area contributed by atoms with E-state index >= 15 is 0 Å². The number of hydrogen-bond acceptors (Lipinski definition) is 4. The Kier molecular flexibility index (Phi) is 7.67. The number of halogens is 2. The highest BCUT2D eigenvalue weighted by molar-refractivity contribution is 9.11. The number of aliphatic carboxylic acids is 1. The molecule has 0 unspecified atom stereocenters. The number of amides is 1. The molecule has 1 amide bonds. The zero-order valence-electron chi connectivity index (χ0n) is 20.6. The van der Waals surface area contributed by atoms with E-state index in [1.807, 2.05) is 77.4 Å². The van der Waals surface area contributed by atoms with Crippen LogP contribution in [0.1, 0.15) is 34.0 Å². The molecule has 194 valence electrons. The van der Waals surface area contributed by atoms with Gasteiger partial charge in [0.15, 0.2) is 0 Å². The first-order chi connectivity index (χ1) is 18.4. The van der Waals surface area contributed by atoms with Gasteiger partial charge in [0.1, 0.15) is 11.8 Å². The average molecular weight is 639 g/mol. The number of imidazole rings is 1. The first-order valence-corrected chi connectivity index (χ1v) is 13.6. The van der Waals surface area contributed by atoms with Gasteiger partial charge >= 0.3 is 5.97 Å². The predicted molar refractivity (Wildman–Crippen MR) is 150 cm³/mol. The Bertz CT molecular complexity index is 1410. The maximum Gasteiger partial charge on any atom is 0.326 e. The topological polar surface area (TPSA) is 84.7 Å². The summed E-state index contributed by atoms with van der Waals surface area (Å²) in [5, 5.41) is 10.2. The van der Waals surface area contributed by atoms with Gasteiger partial charge in [-0.3, -0.25) is 4.79 Å². The Labute approximate surface area is 237 Å². The molecular weight excluding hydrogens is 614 g/mol. The van der Waals surface area contributed by atoms with Gasteiger partial charge in [-0.1, -0.05) is 60.7 Å². The number of fused-ring (bicyclic) bond motifs is 1. The van der Waals surface area contributed by atoms with Crippen LogP contribution in [0, 0.1) is 0 Å². The van der Waals surface area contributed by atoms with Crippen LogP contribution in [0.25, 0.3) is 0 Å². The molecule has 0 fully saturated rings. The van der Waals surface area contributed by atoms with Crippen molar-refractivity contribution in [1.29, 1.82) is 0 Å². The second-order valence-corrected chi connectivity index (χ2v) is 10.8. The van der Waals surface area contributed by atoms with Crippen molar-refractivity contribution in [3.8, 4) is 5.75 Å². The molecule has 1 atom stereocenters. The van der Waals surface area contributed by atoms with Crippen molar-refractivity contribution in [2.45, 2.75) is 31.5 Å². The van der Waals surface area contributed by atoms with Crippen molar-refractivity contribution in [2.75, 3.05) is 7.11 Å². The molecule has 0 spiro atoms. The van der Waals surface area contributed by atoms with Crippen LogP contribution in [-0.4, -0.2) is 44.6 Å². The summed E-state index contributed by atoms with van der Waals surface area (Å²) in [4.78, 5) is 32.6. The summed E-state index contributed by atoms with van der Waals surface area (Å²) in [5.41, 5.74) is 4.16. The summed E-state index contributed by atoms with van der Waals surface area (Å²) in [6, 6.07) is 21.9. The van der Waals surface area contributed by atoms with E-state index in [9.17, 15) is 14.7 Å². The van der Waals surface area contributed by atoms with E-state index in [4.69, 9.17) is 4.74 Å². The molecule has 1 aliphatic rings. The number of nitrogens with zero attached hydrogens (tertiary/aromatic N) is 3. The van der Waals surface area contributed by atoms with Gasteiger partial charge in [-0.05, 0) is 60.7 Å².